The van der Waals surface area contributed by atoms with Crippen LogP contribution in [0.3, 0.4) is 0 Å². The number of aliphatic hydroxyl groups is 1. The summed E-state index contributed by atoms with van der Waals surface area (Å²) >= 11 is 0. The summed E-state index contributed by atoms with van der Waals surface area (Å²) in [6.45, 7) is 0. The minimum absolute atomic E-state index is 0.0131. The number of rotatable bonds is 3. The smallest absolute Gasteiger partial charge is 0.246 e. The van der Waals surface area contributed by atoms with Crippen molar-refractivity contribution in [3.8, 4) is 34.5 Å². The normalized spacial score (nSPS) is 18.2. The maximum absolute atomic E-state index is 11.6. The molecule has 10 nitrogen and oxygen atoms in total. The molecule has 3 rings (SSSR count). The van der Waals surface area contributed by atoms with Gasteiger partial charge in [-0.2, -0.15) is 0 Å². The Hall–Kier alpha value is -3.63. The number of amides is 1. The van der Waals surface area contributed by atoms with Gasteiger partial charge < -0.3 is 35.4 Å². The second kappa shape index (κ2) is 6.27. The molecule has 1 amide bonds. The maximum atomic E-state index is 11.6. The Morgan fingerprint density at radius 3 is 2.22 bits per heavy atom. The number of benzene rings is 2. The maximum Gasteiger partial charge on any atom is 0.246 e. The van der Waals surface area contributed by atoms with Crippen LogP contribution in [0.5, 0.6) is 34.5 Å². The summed E-state index contributed by atoms with van der Waals surface area (Å²) in [4.78, 5) is 11.6. The van der Waals surface area contributed by atoms with Gasteiger partial charge in [0, 0.05) is 17.7 Å². The average Bonchev–Trinajstić information content (AvgIpc) is 2.57. The van der Waals surface area contributed by atoms with Gasteiger partial charge in [-0.1, -0.05) is 0 Å². The Balaban J connectivity index is 2.20. The third-order valence-corrected chi connectivity index (χ3v) is 4.00. The van der Waals surface area contributed by atoms with Crippen molar-refractivity contribution in [2.75, 3.05) is 0 Å². The van der Waals surface area contributed by atoms with Crippen molar-refractivity contribution in [2.45, 2.75) is 12.0 Å². The third-order valence-electron chi connectivity index (χ3n) is 4.00. The summed E-state index contributed by atoms with van der Waals surface area (Å²) < 4.78 is 5.52. The van der Waals surface area contributed by atoms with Gasteiger partial charge in [0.05, 0.1) is 12.0 Å². The van der Waals surface area contributed by atoms with Gasteiger partial charge in [-0.3, -0.25) is 10.0 Å². The van der Waals surface area contributed by atoms with Crippen LogP contribution < -0.4 is 10.2 Å². The number of aromatic hydroxyl groups is 5. The number of hydrogen-bond acceptors (Lipinski definition) is 9. The van der Waals surface area contributed by atoms with E-state index in [1.54, 1.807) is 0 Å². The van der Waals surface area contributed by atoms with E-state index in [1.165, 1.54) is 5.48 Å². The summed E-state index contributed by atoms with van der Waals surface area (Å²) in [6, 6.07) is 4.06. The number of carbonyl (C=O) groups excluding carboxylic acids is 1. The highest BCUT2D eigenvalue weighted by molar-refractivity contribution is 5.80. The highest BCUT2D eigenvalue weighted by Crippen LogP contribution is 2.49. The summed E-state index contributed by atoms with van der Waals surface area (Å²) in [5, 5.41) is 68.3. The Bertz CT molecular complexity index is 946. The fraction of sp³-hybridized carbons (Fsp3) is 0.118. The summed E-state index contributed by atoms with van der Waals surface area (Å²) in [6.07, 6.45) is 0.296. The van der Waals surface area contributed by atoms with E-state index in [0.29, 0.717) is 0 Å². The van der Waals surface area contributed by atoms with Crippen LogP contribution >= 0.6 is 0 Å². The van der Waals surface area contributed by atoms with Gasteiger partial charge in [-0.15, -0.1) is 0 Å². The van der Waals surface area contributed by atoms with E-state index in [1.807, 2.05) is 0 Å². The van der Waals surface area contributed by atoms with Crippen molar-refractivity contribution in [3.05, 3.63) is 41.5 Å². The van der Waals surface area contributed by atoms with Gasteiger partial charge in [0.1, 0.15) is 28.6 Å². The molecule has 27 heavy (non-hydrogen) atoms. The van der Waals surface area contributed by atoms with Gasteiger partial charge in [-0.05, 0) is 18.2 Å². The first-order valence-corrected chi connectivity index (χ1v) is 7.52. The zero-order chi connectivity index (χ0) is 19.9. The van der Waals surface area contributed by atoms with Gasteiger partial charge in [0.2, 0.25) is 5.91 Å². The zero-order valence-corrected chi connectivity index (χ0v) is 13.5. The SMILES string of the molecule is O=C(CC1(O)C=C(c2cc(O)c(O)c(O)c2)Oc2cc(O)cc(O)c21)NO. The monoisotopic (exact) mass is 377 g/mol. The molecule has 0 saturated carbocycles. The van der Waals surface area contributed by atoms with Crippen molar-refractivity contribution in [2.24, 2.45) is 0 Å². The predicted octanol–water partition coefficient (Wildman–Crippen LogP) is 0.731. The quantitative estimate of drug-likeness (QED) is 0.217. The first-order valence-electron chi connectivity index (χ1n) is 7.52. The van der Waals surface area contributed by atoms with E-state index in [-0.39, 0.29) is 22.6 Å². The van der Waals surface area contributed by atoms with Crippen molar-refractivity contribution in [1.29, 1.82) is 0 Å². The molecule has 0 saturated heterocycles. The lowest BCUT2D eigenvalue weighted by Crippen LogP contribution is -2.34. The second-order valence-corrected chi connectivity index (χ2v) is 5.95. The minimum Gasteiger partial charge on any atom is -0.508 e. The molecule has 0 fully saturated rings. The highest BCUT2D eigenvalue weighted by Gasteiger charge is 2.40. The molecule has 0 aliphatic carbocycles. The number of nitrogens with one attached hydrogen (secondary N) is 1. The Morgan fingerprint density at radius 1 is 1.00 bits per heavy atom. The Morgan fingerprint density at radius 2 is 1.63 bits per heavy atom. The van der Waals surface area contributed by atoms with Crippen LogP contribution in [-0.2, 0) is 10.4 Å². The number of phenols is 5. The molecule has 0 aromatic heterocycles. The van der Waals surface area contributed by atoms with Crippen molar-refractivity contribution in [1.82, 2.24) is 5.48 Å². The van der Waals surface area contributed by atoms with E-state index in [2.05, 4.69) is 0 Å². The number of hydrogen-bond donors (Lipinski definition) is 8. The molecule has 2 aromatic rings. The van der Waals surface area contributed by atoms with Crippen LogP contribution in [0.25, 0.3) is 5.76 Å². The largest absolute Gasteiger partial charge is 0.508 e. The van der Waals surface area contributed by atoms with E-state index in [4.69, 9.17) is 9.94 Å². The van der Waals surface area contributed by atoms with E-state index in [9.17, 15) is 35.4 Å². The van der Waals surface area contributed by atoms with Crippen LogP contribution in [-0.4, -0.2) is 41.8 Å². The number of ether oxygens (including phenoxy) is 1. The van der Waals surface area contributed by atoms with Gasteiger partial charge in [0.25, 0.3) is 0 Å². The van der Waals surface area contributed by atoms with Gasteiger partial charge >= 0.3 is 0 Å². The first kappa shape index (κ1) is 18.2. The van der Waals surface area contributed by atoms with Gasteiger partial charge in [0.15, 0.2) is 17.2 Å². The number of carbonyl (C=O) groups is 1. The molecule has 0 bridgehead atoms. The standard InChI is InChI=1S/C17H15NO9/c19-8-3-9(20)15-12(4-8)27-13(5-17(15,25)6-14(23)18-26)7-1-10(21)16(24)11(22)2-7/h1-5,19-22,24-26H,6H2,(H,18,23). The Labute approximate surface area is 151 Å². The highest BCUT2D eigenvalue weighted by atomic mass is 16.5. The zero-order valence-electron chi connectivity index (χ0n) is 13.5. The van der Waals surface area contributed by atoms with Crippen LogP contribution in [0.4, 0.5) is 0 Å². The molecule has 1 atom stereocenters. The molecule has 2 aromatic carbocycles. The molecule has 142 valence electrons. The van der Waals surface area contributed by atoms with E-state index >= 15 is 0 Å². The molecule has 1 aliphatic heterocycles. The molecule has 0 radical (unpaired) electrons. The molecule has 1 heterocycles. The van der Waals surface area contributed by atoms with E-state index < -0.39 is 46.7 Å². The lowest BCUT2D eigenvalue weighted by atomic mass is 9.85. The summed E-state index contributed by atoms with van der Waals surface area (Å²) in [7, 11) is 0. The number of fused-ring (bicyclic) bond motifs is 1. The van der Waals surface area contributed by atoms with Crippen molar-refractivity contribution < 1.29 is 45.4 Å². The molecular formula is C17H15NO9. The predicted molar refractivity (Wildman–Crippen MR) is 88.3 cm³/mol. The molecular weight excluding hydrogens is 362 g/mol. The molecule has 0 spiro atoms. The topological polar surface area (TPSA) is 180 Å². The van der Waals surface area contributed by atoms with Crippen LogP contribution in [0.1, 0.15) is 17.5 Å². The van der Waals surface area contributed by atoms with Crippen molar-refractivity contribution in [3.63, 3.8) is 0 Å². The second-order valence-electron chi connectivity index (χ2n) is 5.95. The van der Waals surface area contributed by atoms with Crippen LogP contribution in [0.15, 0.2) is 30.3 Å². The van der Waals surface area contributed by atoms with Crippen LogP contribution in [0, 0.1) is 0 Å². The summed E-state index contributed by atoms with van der Waals surface area (Å²) in [5.74, 6) is -4.41. The lowest BCUT2D eigenvalue weighted by molar-refractivity contribution is -0.133. The number of phenolic OH excluding ortho intramolecular Hbond substituents is 5. The fourth-order valence-corrected chi connectivity index (χ4v) is 2.85. The molecule has 10 heteroatoms. The minimum atomic E-state index is -2.17. The van der Waals surface area contributed by atoms with Gasteiger partial charge in [-0.25, -0.2) is 5.48 Å². The Kier molecular flexibility index (Phi) is 4.22. The molecule has 8 N–H and O–H groups in total. The average molecular weight is 377 g/mol. The lowest BCUT2D eigenvalue weighted by Gasteiger charge is -2.32. The first-order chi connectivity index (χ1) is 12.6. The number of hydroxylamine groups is 1. The van der Waals surface area contributed by atoms with Crippen molar-refractivity contribution >= 4 is 11.7 Å². The van der Waals surface area contributed by atoms with E-state index in [0.717, 1.165) is 30.3 Å². The fourth-order valence-electron chi connectivity index (χ4n) is 2.85. The third kappa shape index (κ3) is 3.14. The summed E-state index contributed by atoms with van der Waals surface area (Å²) in [5.41, 5.74) is -1.03. The van der Waals surface area contributed by atoms with Crippen LogP contribution in [0.2, 0.25) is 0 Å². The molecule has 1 unspecified atom stereocenters. The molecule has 1 aliphatic rings.